The van der Waals surface area contributed by atoms with Crippen molar-refractivity contribution in [2.24, 2.45) is 4.99 Å². The van der Waals surface area contributed by atoms with Gasteiger partial charge in [0.05, 0.1) is 12.3 Å². The van der Waals surface area contributed by atoms with E-state index in [1.807, 2.05) is 51.1 Å². The maximum Gasteiger partial charge on any atom is 0.251 e. The number of rotatable bonds is 11. The Bertz CT molecular complexity index is 1190. The molecule has 0 fully saturated rings. The molecule has 2 rings (SSSR count). The number of aldehydes is 1. The number of hydrogen-bond acceptors (Lipinski definition) is 5. The predicted octanol–water partition coefficient (Wildman–Crippen LogP) is 5.49. The number of amides is 1. The molecule has 0 aromatic heterocycles. The van der Waals surface area contributed by atoms with Crippen LogP contribution in [0.15, 0.2) is 53.8 Å². The molecule has 0 aliphatic rings. The van der Waals surface area contributed by atoms with Crippen LogP contribution in [0.25, 0.3) is 5.57 Å². The van der Waals surface area contributed by atoms with Crippen molar-refractivity contribution in [3.63, 3.8) is 0 Å². The van der Waals surface area contributed by atoms with Crippen molar-refractivity contribution in [3.05, 3.63) is 82.7 Å². The van der Waals surface area contributed by atoms with E-state index in [1.165, 1.54) is 13.1 Å². The zero-order chi connectivity index (χ0) is 26.8. The molecule has 0 saturated carbocycles. The first kappa shape index (κ1) is 28.4. The van der Waals surface area contributed by atoms with Gasteiger partial charge in [0.15, 0.2) is 11.6 Å². The summed E-state index contributed by atoms with van der Waals surface area (Å²) in [4.78, 5) is 29.4. The van der Waals surface area contributed by atoms with E-state index in [0.29, 0.717) is 29.6 Å². The second-order valence-electron chi connectivity index (χ2n) is 8.44. The molecule has 192 valence electrons. The number of carbonyl (C=O) groups is 2. The van der Waals surface area contributed by atoms with E-state index < -0.39 is 11.6 Å². The van der Waals surface area contributed by atoms with Crippen molar-refractivity contribution in [1.29, 1.82) is 0 Å². The van der Waals surface area contributed by atoms with E-state index in [4.69, 9.17) is 0 Å². The SMILES string of the molecule is C/C=C\N(C)C(Nc1ccc(C(=O)NCC=O)c(CC)c1)C(C)=N/C=C(\C)c1ccc(C)c(F)c1F. The van der Waals surface area contributed by atoms with Gasteiger partial charge in [-0.15, -0.1) is 0 Å². The lowest BCUT2D eigenvalue weighted by atomic mass is 10.0. The van der Waals surface area contributed by atoms with Gasteiger partial charge in [0, 0.05) is 30.1 Å². The van der Waals surface area contributed by atoms with Crippen LogP contribution in [0.2, 0.25) is 0 Å². The van der Waals surface area contributed by atoms with Gasteiger partial charge in [0.2, 0.25) is 0 Å². The van der Waals surface area contributed by atoms with Gasteiger partial charge in [0.1, 0.15) is 12.5 Å². The highest BCUT2D eigenvalue weighted by Crippen LogP contribution is 2.23. The van der Waals surface area contributed by atoms with Gasteiger partial charge in [-0.25, -0.2) is 8.78 Å². The summed E-state index contributed by atoms with van der Waals surface area (Å²) in [6.45, 7) is 8.86. The second-order valence-corrected chi connectivity index (χ2v) is 8.44. The van der Waals surface area contributed by atoms with E-state index in [-0.39, 0.29) is 29.7 Å². The van der Waals surface area contributed by atoms with Gasteiger partial charge in [-0.05, 0) is 75.2 Å². The number of nitrogens with zero attached hydrogens (tertiary/aromatic N) is 2. The van der Waals surface area contributed by atoms with Crippen LogP contribution < -0.4 is 10.6 Å². The van der Waals surface area contributed by atoms with Crippen molar-refractivity contribution in [3.8, 4) is 0 Å². The highest BCUT2D eigenvalue weighted by atomic mass is 19.2. The Balaban J connectivity index is 2.37. The molecular weight excluding hydrogens is 462 g/mol. The molecule has 1 amide bonds. The number of nitrogens with one attached hydrogen (secondary N) is 2. The Morgan fingerprint density at radius 2 is 1.83 bits per heavy atom. The van der Waals surface area contributed by atoms with Crippen LogP contribution in [0.1, 0.15) is 54.7 Å². The molecule has 6 nitrogen and oxygen atoms in total. The summed E-state index contributed by atoms with van der Waals surface area (Å²) >= 11 is 0. The molecule has 36 heavy (non-hydrogen) atoms. The quantitative estimate of drug-likeness (QED) is 0.245. The van der Waals surface area contributed by atoms with Crippen LogP contribution in [0, 0.1) is 18.6 Å². The minimum Gasteiger partial charge on any atom is -0.360 e. The third kappa shape index (κ3) is 7.10. The number of halogens is 2. The van der Waals surface area contributed by atoms with Gasteiger partial charge in [-0.3, -0.25) is 9.79 Å². The summed E-state index contributed by atoms with van der Waals surface area (Å²) in [5.41, 5.74) is 3.72. The summed E-state index contributed by atoms with van der Waals surface area (Å²) in [6, 6.07) is 8.50. The summed E-state index contributed by atoms with van der Waals surface area (Å²) in [6.07, 6.45) is 6.23. The zero-order valence-corrected chi connectivity index (χ0v) is 21.7. The molecule has 0 spiro atoms. The van der Waals surface area contributed by atoms with Crippen LogP contribution >= 0.6 is 0 Å². The van der Waals surface area contributed by atoms with E-state index in [1.54, 1.807) is 31.2 Å². The Morgan fingerprint density at radius 3 is 2.47 bits per heavy atom. The number of aryl methyl sites for hydroxylation is 2. The van der Waals surface area contributed by atoms with Crippen molar-refractivity contribution >= 4 is 29.2 Å². The maximum atomic E-state index is 14.4. The Morgan fingerprint density at radius 1 is 1.14 bits per heavy atom. The standard InChI is InChI=1S/C28H34F2N4O2/c1-7-14-34(6)27(20(5)32-17-19(4)23-11-9-18(3)25(29)26(23)30)33-22-10-12-24(21(8-2)16-22)28(36)31-13-15-35/h7,9-12,14-17,27,33H,8,13H2,1-6H3,(H,31,36)/b14-7-,19-17+,32-20?. The molecule has 1 atom stereocenters. The number of aliphatic imine (C=N–C) groups is 1. The molecule has 0 heterocycles. The number of allylic oxidation sites excluding steroid dienone is 2. The number of hydrogen-bond donors (Lipinski definition) is 2. The highest BCUT2D eigenvalue weighted by molar-refractivity contribution is 5.97. The average Bonchev–Trinajstić information content (AvgIpc) is 2.87. The summed E-state index contributed by atoms with van der Waals surface area (Å²) < 4.78 is 28.4. The first-order chi connectivity index (χ1) is 17.1. The predicted molar refractivity (Wildman–Crippen MR) is 142 cm³/mol. The van der Waals surface area contributed by atoms with Crippen molar-refractivity contribution in [1.82, 2.24) is 10.2 Å². The van der Waals surface area contributed by atoms with E-state index >= 15 is 0 Å². The third-order valence-corrected chi connectivity index (χ3v) is 5.73. The molecule has 0 saturated heterocycles. The molecular formula is C28H34F2N4O2. The summed E-state index contributed by atoms with van der Waals surface area (Å²) in [5.74, 6) is -2.05. The van der Waals surface area contributed by atoms with Crippen LogP contribution in [-0.4, -0.2) is 42.6 Å². The van der Waals surface area contributed by atoms with Crippen molar-refractivity contribution in [2.75, 3.05) is 18.9 Å². The maximum absolute atomic E-state index is 14.4. The number of anilines is 1. The highest BCUT2D eigenvalue weighted by Gasteiger charge is 2.18. The lowest BCUT2D eigenvalue weighted by Crippen LogP contribution is -2.40. The topological polar surface area (TPSA) is 73.8 Å². The van der Waals surface area contributed by atoms with E-state index in [2.05, 4.69) is 15.6 Å². The lowest BCUT2D eigenvalue weighted by molar-refractivity contribution is -0.107. The van der Waals surface area contributed by atoms with Crippen molar-refractivity contribution < 1.29 is 18.4 Å². The molecule has 8 heteroatoms. The number of benzene rings is 2. The fraction of sp³-hybridized carbons (Fsp3) is 0.321. The van der Waals surface area contributed by atoms with Gasteiger partial charge >= 0.3 is 0 Å². The minimum absolute atomic E-state index is 0.0417. The molecule has 0 aliphatic heterocycles. The number of carbonyl (C=O) groups excluding carboxylic acids is 2. The van der Waals surface area contributed by atoms with Gasteiger partial charge in [0.25, 0.3) is 5.91 Å². The summed E-state index contributed by atoms with van der Waals surface area (Å²) in [7, 11) is 1.89. The zero-order valence-electron chi connectivity index (χ0n) is 21.7. The largest absolute Gasteiger partial charge is 0.360 e. The molecule has 0 bridgehead atoms. The Labute approximate surface area is 211 Å². The molecule has 2 aromatic rings. The van der Waals surface area contributed by atoms with Crippen LogP contribution in [0.3, 0.4) is 0 Å². The Hall–Kier alpha value is -3.81. The normalized spacial score (nSPS) is 13.0. The van der Waals surface area contributed by atoms with Crippen LogP contribution in [0.4, 0.5) is 14.5 Å². The molecule has 0 radical (unpaired) electrons. The van der Waals surface area contributed by atoms with Crippen LogP contribution in [0.5, 0.6) is 0 Å². The second kappa shape index (κ2) is 13.3. The molecule has 2 N–H and O–H groups in total. The van der Waals surface area contributed by atoms with Gasteiger partial charge in [-0.2, -0.15) is 0 Å². The molecule has 1 unspecified atom stereocenters. The summed E-state index contributed by atoms with van der Waals surface area (Å²) in [5, 5.41) is 6.00. The third-order valence-electron chi connectivity index (χ3n) is 5.73. The fourth-order valence-electron chi connectivity index (χ4n) is 3.70. The van der Waals surface area contributed by atoms with Crippen LogP contribution in [-0.2, 0) is 11.2 Å². The van der Waals surface area contributed by atoms with Gasteiger partial charge < -0.3 is 20.3 Å². The lowest BCUT2D eigenvalue weighted by Gasteiger charge is -2.29. The smallest absolute Gasteiger partial charge is 0.251 e. The van der Waals surface area contributed by atoms with E-state index in [0.717, 1.165) is 11.3 Å². The average molecular weight is 497 g/mol. The Kier molecular flexibility index (Phi) is 10.5. The monoisotopic (exact) mass is 496 g/mol. The first-order valence-electron chi connectivity index (χ1n) is 11.8. The first-order valence-corrected chi connectivity index (χ1v) is 11.8. The van der Waals surface area contributed by atoms with Gasteiger partial charge in [-0.1, -0.05) is 25.1 Å². The fourth-order valence-corrected chi connectivity index (χ4v) is 3.70. The minimum atomic E-state index is -0.887. The van der Waals surface area contributed by atoms with E-state index in [9.17, 15) is 18.4 Å². The van der Waals surface area contributed by atoms with Crippen molar-refractivity contribution in [2.45, 2.75) is 47.2 Å². The molecule has 2 aromatic carbocycles. The molecule has 0 aliphatic carbocycles.